The average molecular weight is 200 g/mol. The molecule has 0 spiro atoms. The molecule has 0 aliphatic rings. The van der Waals surface area contributed by atoms with E-state index in [0.29, 0.717) is 5.41 Å². The number of rotatable bonds is 1. The minimum atomic E-state index is 0.308. The minimum Gasteiger partial charge on any atom is -0.262 e. The molecule has 0 unspecified atom stereocenters. The molecule has 2 nitrogen and oxygen atoms in total. The Bertz CT molecular complexity index is 469. The predicted octanol–water partition coefficient (Wildman–Crippen LogP) is 3.22. The maximum Gasteiger partial charge on any atom is 0.0885 e. The predicted molar refractivity (Wildman–Crippen MR) is 62.7 cm³/mol. The molecule has 2 aromatic rings. The van der Waals surface area contributed by atoms with Crippen molar-refractivity contribution in [1.29, 1.82) is 0 Å². The smallest absolute Gasteiger partial charge is 0.0885 e. The summed E-state index contributed by atoms with van der Waals surface area (Å²) < 4.78 is 0. The molecule has 0 aromatic carbocycles. The number of pyridine rings is 2. The fourth-order valence-electron chi connectivity index (χ4n) is 1.73. The van der Waals surface area contributed by atoms with Crippen LogP contribution in [0.15, 0.2) is 30.7 Å². The van der Waals surface area contributed by atoms with Gasteiger partial charge in [-0.25, -0.2) is 0 Å². The highest BCUT2D eigenvalue weighted by Crippen LogP contribution is 2.21. The summed E-state index contributed by atoms with van der Waals surface area (Å²) in [6.45, 7) is 6.72. The summed E-state index contributed by atoms with van der Waals surface area (Å²) in [4.78, 5) is 8.46. The first-order chi connectivity index (χ1) is 7.04. The van der Waals surface area contributed by atoms with Crippen LogP contribution >= 0.6 is 0 Å². The van der Waals surface area contributed by atoms with E-state index in [1.54, 1.807) is 6.20 Å². The lowest BCUT2D eigenvalue weighted by Crippen LogP contribution is -2.09. The van der Waals surface area contributed by atoms with Crippen molar-refractivity contribution in [2.75, 3.05) is 0 Å². The number of hydrogen-bond acceptors (Lipinski definition) is 2. The zero-order valence-electron chi connectivity index (χ0n) is 9.49. The van der Waals surface area contributed by atoms with E-state index in [4.69, 9.17) is 0 Å². The molecular formula is C13H16N2. The van der Waals surface area contributed by atoms with Gasteiger partial charge in [0.05, 0.1) is 11.7 Å². The molecule has 2 heterocycles. The quantitative estimate of drug-likeness (QED) is 0.706. The molecule has 0 N–H and O–H groups in total. The van der Waals surface area contributed by atoms with Crippen molar-refractivity contribution in [3.63, 3.8) is 0 Å². The van der Waals surface area contributed by atoms with Crippen LogP contribution in [-0.4, -0.2) is 9.97 Å². The van der Waals surface area contributed by atoms with Crippen molar-refractivity contribution in [2.45, 2.75) is 27.2 Å². The van der Waals surface area contributed by atoms with Crippen LogP contribution in [0.1, 0.15) is 26.3 Å². The Morgan fingerprint density at radius 3 is 2.73 bits per heavy atom. The number of hydrogen-bond donors (Lipinski definition) is 0. The Morgan fingerprint density at radius 1 is 1.20 bits per heavy atom. The Morgan fingerprint density at radius 2 is 2.00 bits per heavy atom. The van der Waals surface area contributed by atoms with E-state index in [2.05, 4.69) is 36.8 Å². The Kier molecular flexibility index (Phi) is 2.43. The largest absolute Gasteiger partial charge is 0.262 e. The van der Waals surface area contributed by atoms with Crippen LogP contribution in [0.2, 0.25) is 0 Å². The van der Waals surface area contributed by atoms with Gasteiger partial charge in [0.1, 0.15) is 0 Å². The number of nitrogens with zero attached hydrogens (tertiary/aromatic N) is 2. The van der Waals surface area contributed by atoms with Gasteiger partial charge in [-0.05, 0) is 29.5 Å². The molecule has 0 fully saturated rings. The first-order valence-electron chi connectivity index (χ1n) is 5.23. The molecule has 0 bridgehead atoms. The van der Waals surface area contributed by atoms with Gasteiger partial charge in [0.25, 0.3) is 0 Å². The highest BCUT2D eigenvalue weighted by molar-refractivity contribution is 5.77. The molecule has 0 amide bonds. The molecule has 78 valence electrons. The molecule has 0 radical (unpaired) electrons. The van der Waals surface area contributed by atoms with E-state index < -0.39 is 0 Å². The van der Waals surface area contributed by atoms with Crippen LogP contribution in [0.3, 0.4) is 0 Å². The summed E-state index contributed by atoms with van der Waals surface area (Å²) in [5.74, 6) is 0. The van der Waals surface area contributed by atoms with Gasteiger partial charge in [-0.3, -0.25) is 9.97 Å². The molecule has 0 saturated carbocycles. The second-order valence-corrected chi connectivity index (χ2v) is 5.15. The third-order valence-corrected chi connectivity index (χ3v) is 2.28. The molecular weight excluding hydrogens is 184 g/mol. The van der Waals surface area contributed by atoms with E-state index in [1.807, 2.05) is 18.5 Å². The fraction of sp³-hybridized carbons (Fsp3) is 0.385. The van der Waals surface area contributed by atoms with Crippen LogP contribution in [0.4, 0.5) is 0 Å². The van der Waals surface area contributed by atoms with Gasteiger partial charge in [0, 0.05) is 17.8 Å². The highest BCUT2D eigenvalue weighted by atomic mass is 14.7. The van der Waals surface area contributed by atoms with Crippen LogP contribution in [0.5, 0.6) is 0 Å². The summed E-state index contributed by atoms with van der Waals surface area (Å²) in [6.07, 6.45) is 6.62. The number of aromatic nitrogens is 2. The fourth-order valence-corrected chi connectivity index (χ4v) is 1.73. The summed E-state index contributed by atoms with van der Waals surface area (Å²) in [5.41, 5.74) is 2.57. The van der Waals surface area contributed by atoms with Gasteiger partial charge in [0.2, 0.25) is 0 Å². The molecule has 0 aliphatic heterocycles. The van der Waals surface area contributed by atoms with Crippen molar-refractivity contribution in [3.05, 3.63) is 36.3 Å². The third kappa shape index (κ3) is 2.52. The molecule has 2 heteroatoms. The topological polar surface area (TPSA) is 25.8 Å². The van der Waals surface area contributed by atoms with E-state index in [-0.39, 0.29) is 0 Å². The van der Waals surface area contributed by atoms with E-state index >= 15 is 0 Å². The lowest BCUT2D eigenvalue weighted by atomic mass is 9.88. The maximum atomic E-state index is 4.40. The zero-order valence-corrected chi connectivity index (χ0v) is 9.49. The molecule has 2 rings (SSSR count). The van der Waals surface area contributed by atoms with Gasteiger partial charge in [-0.1, -0.05) is 20.8 Å². The molecule has 0 saturated heterocycles. The normalized spacial score (nSPS) is 11.9. The summed E-state index contributed by atoms with van der Waals surface area (Å²) in [5, 5.41) is 1.17. The van der Waals surface area contributed by atoms with Gasteiger partial charge >= 0.3 is 0 Å². The van der Waals surface area contributed by atoms with Crippen molar-refractivity contribution in [2.24, 2.45) is 5.41 Å². The van der Waals surface area contributed by atoms with Crippen molar-refractivity contribution in [3.8, 4) is 0 Å². The first kappa shape index (κ1) is 10.1. The molecule has 15 heavy (non-hydrogen) atoms. The van der Waals surface area contributed by atoms with E-state index in [9.17, 15) is 0 Å². The van der Waals surface area contributed by atoms with Gasteiger partial charge in [-0.15, -0.1) is 0 Å². The van der Waals surface area contributed by atoms with Crippen molar-refractivity contribution < 1.29 is 0 Å². The lowest BCUT2D eigenvalue weighted by Gasteiger charge is -2.17. The Labute approximate surface area is 90.4 Å². The number of fused-ring (bicyclic) bond motifs is 1. The van der Waals surface area contributed by atoms with Gasteiger partial charge < -0.3 is 0 Å². The summed E-state index contributed by atoms with van der Waals surface area (Å²) in [6, 6.07) is 4.21. The Balaban J connectivity index is 2.39. The van der Waals surface area contributed by atoms with Crippen molar-refractivity contribution in [1.82, 2.24) is 9.97 Å². The summed E-state index contributed by atoms with van der Waals surface area (Å²) >= 11 is 0. The van der Waals surface area contributed by atoms with Crippen LogP contribution in [0.25, 0.3) is 10.9 Å². The van der Waals surface area contributed by atoms with Gasteiger partial charge in [0.15, 0.2) is 0 Å². The van der Waals surface area contributed by atoms with Crippen LogP contribution in [-0.2, 0) is 6.42 Å². The van der Waals surface area contributed by atoms with Crippen LogP contribution in [0, 0.1) is 5.41 Å². The molecule has 0 atom stereocenters. The SMILES string of the molecule is CC(C)(C)Cc1cnc2cnccc2c1. The van der Waals surface area contributed by atoms with Gasteiger partial charge in [-0.2, -0.15) is 0 Å². The lowest BCUT2D eigenvalue weighted by molar-refractivity contribution is 0.411. The zero-order chi connectivity index (χ0) is 10.9. The summed E-state index contributed by atoms with van der Waals surface area (Å²) in [7, 11) is 0. The third-order valence-electron chi connectivity index (χ3n) is 2.28. The van der Waals surface area contributed by atoms with E-state index in [1.165, 1.54) is 10.9 Å². The molecule has 0 aliphatic carbocycles. The monoisotopic (exact) mass is 200 g/mol. The molecule has 2 aromatic heterocycles. The Hall–Kier alpha value is -1.44. The average Bonchev–Trinajstić information content (AvgIpc) is 2.15. The second-order valence-electron chi connectivity index (χ2n) is 5.15. The highest BCUT2D eigenvalue weighted by Gasteiger charge is 2.11. The second kappa shape index (κ2) is 3.61. The maximum absolute atomic E-state index is 4.40. The minimum absolute atomic E-state index is 0.308. The van der Waals surface area contributed by atoms with Crippen molar-refractivity contribution >= 4 is 10.9 Å². The first-order valence-corrected chi connectivity index (χ1v) is 5.23. The van der Waals surface area contributed by atoms with E-state index in [0.717, 1.165) is 11.9 Å². The standard InChI is InChI=1S/C13H16N2/c1-13(2,3)7-10-6-11-4-5-14-9-12(11)15-8-10/h4-6,8-9H,7H2,1-3H3. The van der Waals surface area contributed by atoms with Crippen LogP contribution < -0.4 is 0 Å².